The molecule has 0 radical (unpaired) electrons. The first-order valence-corrected chi connectivity index (χ1v) is 9.48. The van der Waals surface area contributed by atoms with Gasteiger partial charge in [-0.25, -0.2) is 0 Å². The Bertz CT molecular complexity index is 575. The summed E-state index contributed by atoms with van der Waals surface area (Å²) in [6.07, 6.45) is 4.36. The molecule has 0 aliphatic carbocycles. The second kappa shape index (κ2) is 12.2. The van der Waals surface area contributed by atoms with E-state index in [1.54, 1.807) is 18.2 Å². The lowest BCUT2D eigenvalue weighted by Crippen LogP contribution is -2.40. The van der Waals surface area contributed by atoms with Gasteiger partial charge in [0.05, 0.1) is 19.8 Å². The second-order valence-electron chi connectivity index (χ2n) is 6.17. The molecule has 1 rings (SSSR count). The van der Waals surface area contributed by atoms with Crippen molar-refractivity contribution in [3.05, 3.63) is 23.8 Å². The van der Waals surface area contributed by atoms with E-state index in [0.717, 1.165) is 25.7 Å². The van der Waals surface area contributed by atoms with E-state index in [4.69, 9.17) is 9.47 Å². The van der Waals surface area contributed by atoms with E-state index < -0.39 is 0 Å². The monoisotopic (exact) mass is 364 g/mol. The van der Waals surface area contributed by atoms with Gasteiger partial charge in [0.1, 0.15) is 0 Å². The van der Waals surface area contributed by atoms with Crippen molar-refractivity contribution in [1.29, 1.82) is 0 Å². The Hall–Kier alpha value is -2.24. The molecule has 0 fully saturated rings. The molecule has 1 aromatic rings. The van der Waals surface area contributed by atoms with Crippen LogP contribution in [0.3, 0.4) is 0 Å². The Morgan fingerprint density at radius 1 is 1.04 bits per heavy atom. The normalized spacial score (nSPS) is 11.5. The highest BCUT2D eigenvalue weighted by Gasteiger charge is 2.13. The molecular weight excluding hydrogens is 332 g/mol. The molecule has 26 heavy (non-hydrogen) atoms. The lowest BCUT2D eigenvalue weighted by Gasteiger charge is -2.14. The van der Waals surface area contributed by atoms with Gasteiger partial charge in [-0.2, -0.15) is 0 Å². The predicted molar refractivity (Wildman–Crippen MR) is 103 cm³/mol. The van der Waals surface area contributed by atoms with E-state index in [-0.39, 0.29) is 24.4 Å². The first kappa shape index (κ1) is 21.8. The van der Waals surface area contributed by atoms with Crippen LogP contribution in [0, 0.1) is 0 Å². The lowest BCUT2D eigenvalue weighted by molar-refractivity contribution is -0.120. The molecule has 146 valence electrons. The fourth-order valence-electron chi connectivity index (χ4n) is 2.55. The number of unbranched alkanes of at least 4 members (excludes halogenated alkanes) is 2. The number of carbonyl (C=O) groups is 2. The highest BCUT2D eigenvalue weighted by atomic mass is 16.5. The second-order valence-corrected chi connectivity index (χ2v) is 6.17. The molecule has 1 aromatic carbocycles. The molecule has 1 atom stereocenters. The number of rotatable bonds is 12. The van der Waals surface area contributed by atoms with Crippen LogP contribution in [0.2, 0.25) is 0 Å². The maximum Gasteiger partial charge on any atom is 0.251 e. The summed E-state index contributed by atoms with van der Waals surface area (Å²) >= 11 is 0. The molecule has 0 saturated heterocycles. The van der Waals surface area contributed by atoms with Crippen LogP contribution in [0.15, 0.2) is 18.2 Å². The summed E-state index contributed by atoms with van der Waals surface area (Å²) in [5, 5.41) is 5.55. The van der Waals surface area contributed by atoms with Gasteiger partial charge in [-0.05, 0) is 45.4 Å². The summed E-state index contributed by atoms with van der Waals surface area (Å²) in [6.45, 7) is 8.83. The number of ether oxygens (including phenoxy) is 2. The van der Waals surface area contributed by atoms with Crippen molar-refractivity contribution in [1.82, 2.24) is 10.6 Å². The third-order valence-corrected chi connectivity index (χ3v) is 3.86. The zero-order valence-corrected chi connectivity index (χ0v) is 16.4. The fraction of sp³-hybridized carbons (Fsp3) is 0.600. The number of nitrogens with one attached hydrogen (secondary N) is 2. The summed E-state index contributed by atoms with van der Waals surface area (Å²) in [5.41, 5.74) is 0.431. The maximum atomic E-state index is 12.3. The molecule has 0 aliphatic heterocycles. The van der Waals surface area contributed by atoms with E-state index in [2.05, 4.69) is 17.6 Å². The minimum Gasteiger partial charge on any atom is -0.490 e. The molecule has 0 heterocycles. The van der Waals surface area contributed by atoms with Crippen LogP contribution in [0.1, 0.15) is 63.7 Å². The first-order chi connectivity index (χ1) is 12.5. The summed E-state index contributed by atoms with van der Waals surface area (Å²) in [7, 11) is 0. The van der Waals surface area contributed by atoms with E-state index in [9.17, 15) is 9.59 Å². The summed E-state index contributed by atoms with van der Waals surface area (Å²) in [5.74, 6) is 0.627. The molecule has 0 spiro atoms. The standard InChI is InChI=1S/C20H32N2O4/c1-5-8-9-10-15(4)22-19(23)14-21-20(24)16-11-12-17(25-6-2)18(13-16)26-7-3/h11-13,15H,5-10,14H2,1-4H3,(H,21,24)(H,22,23). The van der Waals surface area contributed by atoms with Crippen LogP contribution in [0.25, 0.3) is 0 Å². The average molecular weight is 364 g/mol. The van der Waals surface area contributed by atoms with Gasteiger partial charge in [0.2, 0.25) is 5.91 Å². The third-order valence-electron chi connectivity index (χ3n) is 3.86. The number of hydrogen-bond donors (Lipinski definition) is 2. The van der Waals surface area contributed by atoms with Crippen molar-refractivity contribution < 1.29 is 19.1 Å². The van der Waals surface area contributed by atoms with Crippen LogP contribution >= 0.6 is 0 Å². The number of carbonyl (C=O) groups excluding carboxylic acids is 2. The molecule has 0 saturated carbocycles. The molecular formula is C20H32N2O4. The van der Waals surface area contributed by atoms with Crippen molar-refractivity contribution in [3.8, 4) is 11.5 Å². The summed E-state index contributed by atoms with van der Waals surface area (Å²) in [6, 6.07) is 5.11. The highest BCUT2D eigenvalue weighted by Crippen LogP contribution is 2.28. The SMILES string of the molecule is CCCCCC(C)NC(=O)CNC(=O)c1ccc(OCC)c(OCC)c1. The molecule has 2 N–H and O–H groups in total. The molecule has 6 nitrogen and oxygen atoms in total. The zero-order chi connectivity index (χ0) is 19.4. The van der Waals surface area contributed by atoms with Gasteiger partial charge in [0.15, 0.2) is 11.5 Å². The van der Waals surface area contributed by atoms with Crippen molar-refractivity contribution in [2.24, 2.45) is 0 Å². The Morgan fingerprint density at radius 3 is 2.38 bits per heavy atom. The fourth-order valence-corrected chi connectivity index (χ4v) is 2.55. The third kappa shape index (κ3) is 7.76. The van der Waals surface area contributed by atoms with Crippen LogP contribution < -0.4 is 20.1 Å². The van der Waals surface area contributed by atoms with E-state index in [1.165, 1.54) is 0 Å². The van der Waals surface area contributed by atoms with Gasteiger partial charge < -0.3 is 20.1 Å². The molecule has 1 unspecified atom stereocenters. The molecule has 2 amide bonds. The smallest absolute Gasteiger partial charge is 0.251 e. The van der Waals surface area contributed by atoms with Gasteiger partial charge in [0, 0.05) is 11.6 Å². The Balaban J connectivity index is 2.54. The van der Waals surface area contributed by atoms with Gasteiger partial charge in [-0.1, -0.05) is 26.2 Å². The highest BCUT2D eigenvalue weighted by molar-refractivity contribution is 5.97. The van der Waals surface area contributed by atoms with Crippen LogP contribution in [-0.4, -0.2) is 37.6 Å². The Labute approximate surface area is 156 Å². The zero-order valence-electron chi connectivity index (χ0n) is 16.4. The van der Waals surface area contributed by atoms with Crippen molar-refractivity contribution in [2.45, 2.75) is 59.4 Å². The van der Waals surface area contributed by atoms with E-state index >= 15 is 0 Å². The summed E-state index contributed by atoms with van der Waals surface area (Å²) < 4.78 is 11.0. The average Bonchev–Trinajstić information content (AvgIpc) is 2.61. The lowest BCUT2D eigenvalue weighted by atomic mass is 10.1. The van der Waals surface area contributed by atoms with Crippen molar-refractivity contribution in [2.75, 3.05) is 19.8 Å². The van der Waals surface area contributed by atoms with Crippen molar-refractivity contribution in [3.63, 3.8) is 0 Å². The van der Waals surface area contributed by atoms with E-state index in [1.807, 2.05) is 20.8 Å². The maximum absolute atomic E-state index is 12.3. The van der Waals surface area contributed by atoms with Crippen molar-refractivity contribution >= 4 is 11.8 Å². The van der Waals surface area contributed by atoms with Gasteiger partial charge in [-0.3, -0.25) is 9.59 Å². The molecule has 0 bridgehead atoms. The predicted octanol–water partition coefficient (Wildman–Crippen LogP) is 3.30. The topological polar surface area (TPSA) is 76.7 Å². The molecule has 0 aliphatic rings. The van der Waals surface area contributed by atoms with Gasteiger partial charge in [0.25, 0.3) is 5.91 Å². The van der Waals surface area contributed by atoms with E-state index in [0.29, 0.717) is 30.3 Å². The van der Waals surface area contributed by atoms with Crippen LogP contribution in [0.4, 0.5) is 0 Å². The van der Waals surface area contributed by atoms with Crippen LogP contribution in [0.5, 0.6) is 11.5 Å². The number of benzene rings is 1. The van der Waals surface area contributed by atoms with Gasteiger partial charge >= 0.3 is 0 Å². The Kier molecular flexibility index (Phi) is 10.2. The Morgan fingerprint density at radius 2 is 1.73 bits per heavy atom. The van der Waals surface area contributed by atoms with Gasteiger partial charge in [-0.15, -0.1) is 0 Å². The molecule has 0 aromatic heterocycles. The number of hydrogen-bond acceptors (Lipinski definition) is 4. The minimum atomic E-state index is -0.317. The largest absolute Gasteiger partial charge is 0.490 e. The number of amides is 2. The first-order valence-electron chi connectivity index (χ1n) is 9.48. The minimum absolute atomic E-state index is 0.0475. The quantitative estimate of drug-likeness (QED) is 0.558. The molecule has 6 heteroatoms. The van der Waals surface area contributed by atoms with Crippen LogP contribution in [-0.2, 0) is 4.79 Å². The summed E-state index contributed by atoms with van der Waals surface area (Å²) in [4.78, 5) is 24.2.